The van der Waals surface area contributed by atoms with Gasteiger partial charge in [-0.25, -0.2) is 0 Å². The average Bonchev–Trinajstić information content (AvgIpc) is 2.33. The summed E-state index contributed by atoms with van der Waals surface area (Å²) in [5.74, 6) is -0.827. The minimum Gasteiger partial charge on any atom is -0.480 e. The summed E-state index contributed by atoms with van der Waals surface area (Å²) >= 11 is 0. The summed E-state index contributed by atoms with van der Waals surface area (Å²) < 4.78 is 0. The van der Waals surface area contributed by atoms with Crippen LogP contribution in [0.5, 0.6) is 0 Å². The van der Waals surface area contributed by atoms with Gasteiger partial charge < -0.3 is 10.2 Å². The molecule has 0 bridgehead atoms. The highest BCUT2D eigenvalue weighted by molar-refractivity contribution is 5.73. The predicted octanol–water partition coefficient (Wildman–Crippen LogP) is -0.515. The van der Waals surface area contributed by atoms with Crippen molar-refractivity contribution in [2.24, 2.45) is 0 Å². The van der Waals surface area contributed by atoms with E-state index in [1.54, 1.807) is 4.90 Å². The molecule has 0 spiro atoms. The third kappa shape index (κ3) is 1.27. The molecule has 0 aliphatic carbocycles. The Bertz CT molecular complexity index is 137. The van der Waals surface area contributed by atoms with E-state index >= 15 is 0 Å². The number of hydrogen-bond donors (Lipinski definition) is 2. The van der Waals surface area contributed by atoms with Crippen molar-refractivity contribution in [1.29, 1.82) is 0 Å². The molecule has 1 saturated heterocycles. The third-order valence-electron chi connectivity index (χ3n) is 1.83. The lowest BCUT2D eigenvalue weighted by molar-refractivity contribution is -0.143. The van der Waals surface area contributed by atoms with E-state index in [0.717, 1.165) is 6.42 Å². The van der Waals surface area contributed by atoms with Gasteiger partial charge in [0.15, 0.2) is 0 Å². The highest BCUT2D eigenvalue weighted by Crippen LogP contribution is 2.15. The molecule has 1 unspecified atom stereocenters. The van der Waals surface area contributed by atoms with Crippen molar-refractivity contribution >= 4 is 5.97 Å². The molecule has 0 aromatic heterocycles. The lowest BCUT2D eigenvalue weighted by Gasteiger charge is -2.16. The molecule has 4 heteroatoms. The van der Waals surface area contributed by atoms with Gasteiger partial charge in [-0.05, 0) is 12.8 Å². The first-order valence-corrected chi connectivity index (χ1v) is 3.33. The Hall–Kier alpha value is -0.610. The van der Waals surface area contributed by atoms with Crippen molar-refractivity contribution in [3.8, 4) is 0 Å². The van der Waals surface area contributed by atoms with E-state index in [9.17, 15) is 4.79 Å². The van der Waals surface area contributed by atoms with Gasteiger partial charge in [0.1, 0.15) is 6.04 Å². The zero-order valence-electron chi connectivity index (χ0n) is 5.66. The number of carboxylic acid groups (broad SMARTS) is 1. The molecule has 0 saturated carbocycles. The molecule has 1 aliphatic rings. The van der Waals surface area contributed by atoms with Gasteiger partial charge in [-0.15, -0.1) is 0 Å². The fourth-order valence-corrected chi connectivity index (χ4v) is 1.28. The molecule has 2 N–H and O–H groups in total. The Balaban J connectivity index is 2.50. The Kier molecular flexibility index (Phi) is 2.24. The van der Waals surface area contributed by atoms with Crippen LogP contribution in [0.4, 0.5) is 0 Å². The molecule has 10 heavy (non-hydrogen) atoms. The van der Waals surface area contributed by atoms with E-state index in [-0.39, 0.29) is 6.73 Å². The maximum absolute atomic E-state index is 10.4. The van der Waals surface area contributed by atoms with Crippen LogP contribution < -0.4 is 0 Å². The number of aliphatic hydroxyl groups excluding tert-OH is 1. The quantitative estimate of drug-likeness (QED) is 0.549. The van der Waals surface area contributed by atoms with Crippen LogP contribution in [0.25, 0.3) is 0 Å². The highest BCUT2D eigenvalue weighted by atomic mass is 16.4. The average molecular weight is 145 g/mol. The van der Waals surface area contributed by atoms with Crippen molar-refractivity contribution in [3.05, 3.63) is 0 Å². The van der Waals surface area contributed by atoms with Crippen molar-refractivity contribution in [1.82, 2.24) is 4.90 Å². The van der Waals surface area contributed by atoms with Gasteiger partial charge in [-0.2, -0.15) is 0 Å². The molecule has 1 heterocycles. The summed E-state index contributed by atoms with van der Waals surface area (Å²) in [5, 5.41) is 17.2. The van der Waals surface area contributed by atoms with Crippen LogP contribution in [-0.2, 0) is 4.79 Å². The number of hydrogen-bond acceptors (Lipinski definition) is 3. The number of aliphatic hydroxyl groups is 1. The smallest absolute Gasteiger partial charge is 0.320 e. The number of rotatable bonds is 2. The number of aliphatic carboxylic acids is 1. The third-order valence-corrected chi connectivity index (χ3v) is 1.83. The van der Waals surface area contributed by atoms with Crippen LogP contribution in [0.15, 0.2) is 0 Å². The summed E-state index contributed by atoms with van der Waals surface area (Å²) in [5.41, 5.74) is 0. The standard InChI is InChI=1S/C6H11NO3/c8-4-7-3-1-2-5(7)6(9)10/h5,8H,1-4H2,(H,9,10). The predicted molar refractivity (Wildman–Crippen MR) is 34.4 cm³/mol. The van der Waals surface area contributed by atoms with Crippen molar-refractivity contribution in [3.63, 3.8) is 0 Å². The summed E-state index contributed by atoms with van der Waals surface area (Å²) in [6, 6.07) is -0.454. The van der Waals surface area contributed by atoms with E-state index < -0.39 is 12.0 Å². The normalized spacial score (nSPS) is 27.1. The van der Waals surface area contributed by atoms with Crippen LogP contribution in [-0.4, -0.2) is 40.4 Å². The number of nitrogens with zero attached hydrogens (tertiary/aromatic N) is 1. The van der Waals surface area contributed by atoms with E-state index in [0.29, 0.717) is 13.0 Å². The summed E-state index contributed by atoms with van der Waals surface area (Å²) in [4.78, 5) is 12.0. The molecule has 58 valence electrons. The largest absolute Gasteiger partial charge is 0.480 e. The van der Waals surface area contributed by atoms with E-state index in [1.165, 1.54) is 0 Å². The van der Waals surface area contributed by atoms with Gasteiger partial charge in [0.25, 0.3) is 0 Å². The van der Waals surface area contributed by atoms with Gasteiger partial charge in [-0.1, -0.05) is 0 Å². The number of carbonyl (C=O) groups is 1. The van der Waals surface area contributed by atoms with Crippen molar-refractivity contribution in [2.75, 3.05) is 13.3 Å². The minimum absolute atomic E-state index is 0.142. The summed E-state index contributed by atoms with van der Waals surface area (Å²) in [6.45, 7) is 0.560. The van der Waals surface area contributed by atoms with E-state index in [1.807, 2.05) is 0 Å². The maximum Gasteiger partial charge on any atom is 0.320 e. The molecule has 0 aromatic rings. The molecule has 1 atom stereocenters. The molecule has 4 nitrogen and oxygen atoms in total. The van der Waals surface area contributed by atoms with Gasteiger partial charge in [0.05, 0.1) is 6.73 Å². The first-order valence-electron chi connectivity index (χ1n) is 3.33. The van der Waals surface area contributed by atoms with Crippen LogP contribution in [0.3, 0.4) is 0 Å². The maximum atomic E-state index is 10.4. The first kappa shape index (κ1) is 7.50. The van der Waals surface area contributed by atoms with Crippen molar-refractivity contribution in [2.45, 2.75) is 18.9 Å². The Morgan fingerprint density at radius 3 is 2.80 bits per heavy atom. The van der Waals surface area contributed by atoms with Crippen LogP contribution >= 0.6 is 0 Å². The molecular formula is C6H11NO3. The highest BCUT2D eigenvalue weighted by Gasteiger charge is 2.29. The molecule has 0 aromatic carbocycles. The number of carboxylic acids is 1. The van der Waals surface area contributed by atoms with Crippen LogP contribution in [0, 0.1) is 0 Å². The molecule has 1 rings (SSSR count). The first-order chi connectivity index (χ1) is 4.75. The number of likely N-dealkylation sites (tertiary alicyclic amines) is 1. The topological polar surface area (TPSA) is 60.8 Å². The van der Waals surface area contributed by atoms with Gasteiger partial charge in [-0.3, -0.25) is 9.69 Å². The zero-order chi connectivity index (χ0) is 7.56. The molecule has 0 radical (unpaired) electrons. The fourth-order valence-electron chi connectivity index (χ4n) is 1.28. The fraction of sp³-hybridized carbons (Fsp3) is 0.833. The molecule has 1 aliphatic heterocycles. The Morgan fingerprint density at radius 2 is 2.40 bits per heavy atom. The van der Waals surface area contributed by atoms with Crippen molar-refractivity contribution < 1.29 is 15.0 Å². The SMILES string of the molecule is O=C(O)C1CCCN1CO. The zero-order valence-corrected chi connectivity index (χ0v) is 5.66. The Labute approximate surface area is 59.1 Å². The van der Waals surface area contributed by atoms with E-state index in [2.05, 4.69) is 0 Å². The van der Waals surface area contributed by atoms with Crippen LogP contribution in [0.2, 0.25) is 0 Å². The second-order valence-corrected chi connectivity index (χ2v) is 2.45. The summed E-state index contributed by atoms with van der Waals surface area (Å²) in [7, 11) is 0. The van der Waals surface area contributed by atoms with Gasteiger partial charge in [0.2, 0.25) is 0 Å². The lowest BCUT2D eigenvalue weighted by atomic mass is 10.2. The second-order valence-electron chi connectivity index (χ2n) is 2.45. The second kappa shape index (κ2) is 2.98. The van der Waals surface area contributed by atoms with Gasteiger partial charge in [0, 0.05) is 6.54 Å². The summed E-state index contributed by atoms with van der Waals surface area (Å²) in [6.07, 6.45) is 1.54. The lowest BCUT2D eigenvalue weighted by Crippen LogP contribution is -2.36. The molecule has 1 fully saturated rings. The molecule has 0 amide bonds. The molecular weight excluding hydrogens is 134 g/mol. The monoisotopic (exact) mass is 145 g/mol. The van der Waals surface area contributed by atoms with E-state index in [4.69, 9.17) is 10.2 Å². The van der Waals surface area contributed by atoms with Crippen LogP contribution in [0.1, 0.15) is 12.8 Å². The minimum atomic E-state index is -0.827. The van der Waals surface area contributed by atoms with Gasteiger partial charge >= 0.3 is 5.97 Å². The Morgan fingerprint density at radius 1 is 1.70 bits per heavy atom.